The number of carbonyl (C=O) groups excluding carboxylic acids is 1. The largest absolute Gasteiger partial charge is 0.312 e. The number of thioether (sulfide) groups is 1. The summed E-state index contributed by atoms with van der Waals surface area (Å²) in [6, 6.07) is 8.35. The molecule has 6 nitrogen and oxygen atoms in total. The Labute approximate surface area is 146 Å². The van der Waals surface area contributed by atoms with Gasteiger partial charge in [-0.15, -0.1) is 5.10 Å². The number of carbonyl (C=O) groups is 1. The first-order chi connectivity index (χ1) is 11.7. The number of rotatable bonds is 6. The van der Waals surface area contributed by atoms with E-state index in [9.17, 15) is 4.79 Å². The summed E-state index contributed by atoms with van der Waals surface area (Å²) >= 11 is 1.43. The van der Waals surface area contributed by atoms with Crippen LogP contribution in [0.3, 0.4) is 0 Å². The van der Waals surface area contributed by atoms with Gasteiger partial charge in [0.25, 0.3) is 0 Å². The van der Waals surface area contributed by atoms with Gasteiger partial charge in [-0.25, -0.2) is 4.68 Å². The predicted octanol–water partition coefficient (Wildman–Crippen LogP) is 3.24. The molecule has 0 aliphatic heterocycles. The Balaban J connectivity index is 1.67. The van der Waals surface area contributed by atoms with E-state index in [0.29, 0.717) is 18.3 Å². The standard InChI is InChI=1S/C17H23N5OS/c1-3-21(15-11-7-4-8-13(15)2)16(23)12-24-17-18-19-20-22(17)14-9-5-6-10-14/h4,7-8,11,14H,3,5-6,9-10,12H2,1-2H3. The molecule has 0 radical (unpaired) electrons. The summed E-state index contributed by atoms with van der Waals surface area (Å²) in [6.45, 7) is 4.68. The topological polar surface area (TPSA) is 63.9 Å². The van der Waals surface area contributed by atoms with Gasteiger partial charge in [-0.2, -0.15) is 0 Å². The Bertz CT molecular complexity index is 696. The van der Waals surface area contributed by atoms with E-state index in [2.05, 4.69) is 15.5 Å². The molecule has 1 aromatic heterocycles. The van der Waals surface area contributed by atoms with E-state index in [4.69, 9.17) is 0 Å². The van der Waals surface area contributed by atoms with Crippen LogP contribution in [0.5, 0.6) is 0 Å². The van der Waals surface area contributed by atoms with Gasteiger partial charge in [0.05, 0.1) is 11.8 Å². The number of nitrogens with zero attached hydrogens (tertiary/aromatic N) is 5. The molecular weight excluding hydrogens is 322 g/mol. The van der Waals surface area contributed by atoms with E-state index in [1.54, 1.807) is 0 Å². The third-order valence-electron chi connectivity index (χ3n) is 4.48. The van der Waals surface area contributed by atoms with Gasteiger partial charge in [-0.1, -0.05) is 42.8 Å². The number of hydrogen-bond acceptors (Lipinski definition) is 5. The Kier molecular flexibility index (Phi) is 5.50. The van der Waals surface area contributed by atoms with Crippen LogP contribution < -0.4 is 4.90 Å². The number of benzene rings is 1. The van der Waals surface area contributed by atoms with Crippen LogP contribution in [-0.2, 0) is 4.79 Å². The summed E-state index contributed by atoms with van der Waals surface area (Å²) < 4.78 is 1.90. The average Bonchev–Trinajstić information content (AvgIpc) is 3.26. The van der Waals surface area contributed by atoms with E-state index >= 15 is 0 Å². The van der Waals surface area contributed by atoms with E-state index < -0.39 is 0 Å². The molecule has 0 atom stereocenters. The molecule has 1 fully saturated rings. The van der Waals surface area contributed by atoms with Crippen LogP contribution >= 0.6 is 11.8 Å². The Morgan fingerprint density at radius 3 is 2.79 bits per heavy atom. The van der Waals surface area contributed by atoms with Crippen molar-refractivity contribution in [1.82, 2.24) is 20.2 Å². The van der Waals surface area contributed by atoms with Crippen molar-refractivity contribution in [3.63, 3.8) is 0 Å². The quantitative estimate of drug-likeness (QED) is 0.752. The number of anilines is 1. The monoisotopic (exact) mass is 345 g/mol. The zero-order valence-electron chi connectivity index (χ0n) is 14.2. The highest BCUT2D eigenvalue weighted by Crippen LogP contribution is 2.31. The SMILES string of the molecule is CCN(C(=O)CSc1nnnn1C1CCCC1)c1ccccc1C. The summed E-state index contributed by atoms with van der Waals surface area (Å²) in [5, 5.41) is 12.8. The fourth-order valence-electron chi connectivity index (χ4n) is 3.21. The van der Waals surface area contributed by atoms with Crippen LogP contribution in [0.15, 0.2) is 29.4 Å². The Morgan fingerprint density at radius 1 is 1.33 bits per heavy atom. The van der Waals surface area contributed by atoms with E-state index in [-0.39, 0.29) is 5.91 Å². The number of para-hydroxylation sites is 1. The van der Waals surface area contributed by atoms with Gasteiger partial charge in [-0.05, 0) is 48.7 Å². The maximum Gasteiger partial charge on any atom is 0.237 e. The van der Waals surface area contributed by atoms with Crippen molar-refractivity contribution >= 4 is 23.4 Å². The van der Waals surface area contributed by atoms with Crippen LogP contribution in [0, 0.1) is 6.92 Å². The van der Waals surface area contributed by atoms with E-state index in [1.165, 1.54) is 24.6 Å². The van der Waals surface area contributed by atoms with Gasteiger partial charge >= 0.3 is 0 Å². The minimum Gasteiger partial charge on any atom is -0.312 e. The molecule has 7 heteroatoms. The van der Waals surface area contributed by atoms with Gasteiger partial charge < -0.3 is 4.90 Å². The molecular formula is C17H23N5OS. The normalized spacial score (nSPS) is 14.9. The third kappa shape index (κ3) is 3.61. The predicted molar refractivity (Wildman–Crippen MR) is 95.3 cm³/mol. The highest BCUT2D eigenvalue weighted by Gasteiger charge is 2.23. The third-order valence-corrected chi connectivity index (χ3v) is 5.40. The zero-order chi connectivity index (χ0) is 16.9. The minimum atomic E-state index is 0.0813. The van der Waals surface area contributed by atoms with Crippen LogP contribution in [0.25, 0.3) is 0 Å². The molecule has 1 heterocycles. The van der Waals surface area contributed by atoms with Crippen molar-refractivity contribution in [2.45, 2.75) is 50.7 Å². The number of aryl methyl sites for hydroxylation is 1. The molecule has 1 amide bonds. The van der Waals surface area contributed by atoms with E-state index in [1.807, 2.05) is 47.7 Å². The highest BCUT2D eigenvalue weighted by atomic mass is 32.2. The van der Waals surface area contributed by atoms with Gasteiger partial charge in [0.2, 0.25) is 11.1 Å². The summed E-state index contributed by atoms with van der Waals surface area (Å²) in [6.07, 6.45) is 4.70. The smallest absolute Gasteiger partial charge is 0.237 e. The molecule has 128 valence electrons. The minimum absolute atomic E-state index is 0.0813. The molecule has 0 unspecified atom stereocenters. The van der Waals surface area contributed by atoms with Gasteiger partial charge in [-0.3, -0.25) is 4.79 Å². The number of aromatic nitrogens is 4. The summed E-state index contributed by atoms with van der Waals surface area (Å²) in [5.41, 5.74) is 2.08. The fourth-order valence-corrected chi connectivity index (χ4v) is 4.03. The molecule has 1 aliphatic rings. The van der Waals surface area contributed by atoms with Crippen molar-refractivity contribution in [3.8, 4) is 0 Å². The van der Waals surface area contributed by atoms with Crippen molar-refractivity contribution in [1.29, 1.82) is 0 Å². The summed E-state index contributed by atoms with van der Waals surface area (Å²) in [4.78, 5) is 14.5. The molecule has 1 aromatic carbocycles. The van der Waals surface area contributed by atoms with Crippen LogP contribution in [0.2, 0.25) is 0 Å². The van der Waals surface area contributed by atoms with Crippen molar-refractivity contribution in [2.24, 2.45) is 0 Å². The highest BCUT2D eigenvalue weighted by molar-refractivity contribution is 7.99. The van der Waals surface area contributed by atoms with Gasteiger partial charge in [0, 0.05) is 12.2 Å². The molecule has 2 aromatic rings. The lowest BCUT2D eigenvalue weighted by molar-refractivity contribution is -0.116. The first-order valence-electron chi connectivity index (χ1n) is 8.47. The van der Waals surface area contributed by atoms with Gasteiger partial charge in [0.1, 0.15) is 0 Å². The van der Waals surface area contributed by atoms with Crippen molar-refractivity contribution < 1.29 is 4.79 Å². The maximum absolute atomic E-state index is 12.7. The Morgan fingerprint density at radius 2 is 2.08 bits per heavy atom. The number of amides is 1. The molecule has 3 rings (SSSR count). The maximum atomic E-state index is 12.7. The Hall–Kier alpha value is -1.89. The molecule has 0 spiro atoms. The lowest BCUT2D eigenvalue weighted by Crippen LogP contribution is -2.32. The molecule has 24 heavy (non-hydrogen) atoms. The van der Waals surface area contributed by atoms with Crippen LogP contribution in [-0.4, -0.2) is 38.4 Å². The first-order valence-corrected chi connectivity index (χ1v) is 9.46. The van der Waals surface area contributed by atoms with Crippen molar-refractivity contribution in [2.75, 3.05) is 17.2 Å². The van der Waals surface area contributed by atoms with Crippen LogP contribution in [0.4, 0.5) is 5.69 Å². The molecule has 0 bridgehead atoms. The second-order valence-corrected chi connectivity index (χ2v) is 7.00. The first kappa shape index (κ1) is 17.0. The molecule has 1 saturated carbocycles. The fraction of sp³-hybridized carbons (Fsp3) is 0.529. The number of tetrazole rings is 1. The van der Waals surface area contributed by atoms with Crippen LogP contribution in [0.1, 0.15) is 44.2 Å². The second-order valence-electron chi connectivity index (χ2n) is 6.06. The van der Waals surface area contributed by atoms with Crippen molar-refractivity contribution in [3.05, 3.63) is 29.8 Å². The lowest BCUT2D eigenvalue weighted by Gasteiger charge is -2.22. The number of hydrogen-bond donors (Lipinski definition) is 0. The summed E-state index contributed by atoms with van der Waals surface area (Å²) in [7, 11) is 0. The van der Waals surface area contributed by atoms with E-state index in [0.717, 1.165) is 29.2 Å². The molecule has 1 aliphatic carbocycles. The summed E-state index contributed by atoms with van der Waals surface area (Å²) in [5.74, 6) is 0.424. The van der Waals surface area contributed by atoms with Gasteiger partial charge in [0.15, 0.2) is 0 Å². The second kappa shape index (κ2) is 7.79. The molecule has 0 N–H and O–H groups in total. The lowest BCUT2D eigenvalue weighted by atomic mass is 10.2. The average molecular weight is 345 g/mol. The molecule has 0 saturated heterocycles. The zero-order valence-corrected chi connectivity index (χ0v) is 15.0.